The number of rotatable bonds is 5. The minimum atomic E-state index is -0.0194. The van der Waals surface area contributed by atoms with Crippen LogP contribution in [0.25, 0.3) is 0 Å². The highest BCUT2D eigenvalue weighted by Gasteiger charge is 2.36. The van der Waals surface area contributed by atoms with Gasteiger partial charge in [-0.2, -0.15) is 4.98 Å². The number of aromatic nitrogens is 2. The Kier molecular flexibility index (Phi) is 3.52. The highest BCUT2D eigenvalue weighted by Crippen LogP contribution is 2.39. The normalized spacial score (nSPS) is 21.0. The molecule has 0 spiro atoms. The van der Waals surface area contributed by atoms with E-state index in [-0.39, 0.29) is 11.8 Å². The van der Waals surface area contributed by atoms with Crippen LogP contribution in [0.4, 0.5) is 5.69 Å². The molecule has 1 aliphatic carbocycles. The molecule has 0 N–H and O–H groups in total. The Bertz CT molecular complexity index is 706. The molecule has 1 aromatic heterocycles. The molecular formula is C17H19N3O3. The van der Waals surface area contributed by atoms with Crippen molar-refractivity contribution in [3.05, 3.63) is 36.0 Å². The highest BCUT2D eigenvalue weighted by atomic mass is 16.5. The Labute approximate surface area is 134 Å². The first-order valence-electron chi connectivity index (χ1n) is 8.11. The summed E-state index contributed by atoms with van der Waals surface area (Å²) in [6, 6.07) is 7.60. The molecule has 1 saturated heterocycles. The topological polar surface area (TPSA) is 68.5 Å². The van der Waals surface area contributed by atoms with Gasteiger partial charge in [0.2, 0.25) is 11.8 Å². The molecule has 4 rings (SSSR count). The quantitative estimate of drug-likeness (QED) is 0.849. The minimum Gasteiger partial charge on any atom is -0.494 e. The van der Waals surface area contributed by atoms with E-state index in [0.717, 1.165) is 30.1 Å². The molecule has 2 aliphatic rings. The van der Waals surface area contributed by atoms with E-state index >= 15 is 0 Å². The molecule has 1 aliphatic heterocycles. The van der Waals surface area contributed by atoms with Gasteiger partial charge in [-0.1, -0.05) is 5.16 Å². The predicted octanol–water partition coefficient (Wildman–Crippen LogP) is 2.87. The third-order valence-corrected chi connectivity index (χ3v) is 4.33. The Morgan fingerprint density at radius 1 is 1.26 bits per heavy atom. The van der Waals surface area contributed by atoms with Gasteiger partial charge in [-0.15, -0.1) is 0 Å². The molecule has 1 unspecified atom stereocenters. The van der Waals surface area contributed by atoms with Crippen molar-refractivity contribution in [1.29, 1.82) is 0 Å². The third-order valence-electron chi connectivity index (χ3n) is 4.33. The second-order valence-corrected chi connectivity index (χ2v) is 6.10. The summed E-state index contributed by atoms with van der Waals surface area (Å²) in [5, 5.41) is 4.05. The van der Waals surface area contributed by atoms with E-state index in [9.17, 15) is 4.79 Å². The minimum absolute atomic E-state index is 0.0194. The molecule has 6 nitrogen and oxygen atoms in total. The van der Waals surface area contributed by atoms with Crippen LogP contribution in [0.3, 0.4) is 0 Å². The Morgan fingerprint density at radius 2 is 2.04 bits per heavy atom. The zero-order chi connectivity index (χ0) is 15.8. The monoisotopic (exact) mass is 313 g/mol. The van der Waals surface area contributed by atoms with E-state index in [1.165, 1.54) is 0 Å². The smallest absolute Gasteiger partial charge is 0.232 e. The first-order chi connectivity index (χ1) is 11.2. The molecule has 1 saturated carbocycles. The summed E-state index contributed by atoms with van der Waals surface area (Å²) in [6.45, 7) is 3.16. The Morgan fingerprint density at radius 3 is 2.74 bits per heavy atom. The van der Waals surface area contributed by atoms with Crippen LogP contribution in [0.5, 0.6) is 5.75 Å². The van der Waals surface area contributed by atoms with Crippen LogP contribution in [-0.2, 0) is 4.79 Å². The molecule has 0 radical (unpaired) electrons. The lowest BCUT2D eigenvalue weighted by Crippen LogP contribution is -2.24. The summed E-state index contributed by atoms with van der Waals surface area (Å²) >= 11 is 0. The summed E-state index contributed by atoms with van der Waals surface area (Å²) in [6.07, 6.45) is 2.70. The summed E-state index contributed by atoms with van der Waals surface area (Å²) < 4.78 is 10.8. The summed E-state index contributed by atoms with van der Waals surface area (Å²) in [4.78, 5) is 18.6. The highest BCUT2D eigenvalue weighted by molar-refractivity contribution is 5.96. The van der Waals surface area contributed by atoms with Crippen molar-refractivity contribution in [3.8, 4) is 5.75 Å². The van der Waals surface area contributed by atoms with Crippen LogP contribution in [0.2, 0.25) is 0 Å². The largest absolute Gasteiger partial charge is 0.494 e. The van der Waals surface area contributed by atoms with E-state index in [1.54, 1.807) is 4.90 Å². The van der Waals surface area contributed by atoms with Crippen LogP contribution in [0.1, 0.15) is 49.7 Å². The first-order valence-corrected chi connectivity index (χ1v) is 8.11. The van der Waals surface area contributed by atoms with Crippen molar-refractivity contribution in [3.63, 3.8) is 0 Å². The lowest BCUT2D eigenvalue weighted by Gasteiger charge is -2.16. The molecule has 1 amide bonds. The van der Waals surface area contributed by atoms with Crippen LogP contribution in [0.15, 0.2) is 28.8 Å². The molecule has 2 fully saturated rings. The Hall–Kier alpha value is -2.37. The predicted molar refractivity (Wildman–Crippen MR) is 83.6 cm³/mol. The van der Waals surface area contributed by atoms with Crippen molar-refractivity contribution in [1.82, 2.24) is 10.1 Å². The lowest BCUT2D eigenvalue weighted by atomic mass is 10.1. The number of hydrogen-bond donors (Lipinski definition) is 0. The van der Waals surface area contributed by atoms with E-state index < -0.39 is 0 Å². The number of hydrogen-bond acceptors (Lipinski definition) is 5. The van der Waals surface area contributed by atoms with Crippen molar-refractivity contribution in [2.75, 3.05) is 18.1 Å². The number of amides is 1. The van der Waals surface area contributed by atoms with Gasteiger partial charge in [0.1, 0.15) is 5.75 Å². The molecular weight excluding hydrogens is 294 g/mol. The van der Waals surface area contributed by atoms with E-state index in [0.29, 0.717) is 31.4 Å². The first kappa shape index (κ1) is 14.2. The van der Waals surface area contributed by atoms with Crippen LogP contribution < -0.4 is 9.64 Å². The van der Waals surface area contributed by atoms with E-state index in [4.69, 9.17) is 9.26 Å². The van der Waals surface area contributed by atoms with Gasteiger partial charge in [-0.05, 0) is 44.0 Å². The maximum absolute atomic E-state index is 12.3. The number of benzene rings is 1. The average Bonchev–Trinajstić information content (AvgIpc) is 3.16. The van der Waals surface area contributed by atoms with Crippen LogP contribution in [0, 0.1) is 0 Å². The fourth-order valence-corrected chi connectivity index (χ4v) is 2.93. The zero-order valence-corrected chi connectivity index (χ0v) is 13.1. The van der Waals surface area contributed by atoms with Crippen molar-refractivity contribution >= 4 is 11.6 Å². The number of carbonyl (C=O) groups is 1. The molecule has 0 bridgehead atoms. The molecule has 1 aromatic carbocycles. The Balaban J connectivity index is 1.48. The third kappa shape index (κ3) is 2.81. The van der Waals surface area contributed by atoms with E-state index in [2.05, 4.69) is 10.1 Å². The van der Waals surface area contributed by atoms with Gasteiger partial charge < -0.3 is 14.2 Å². The van der Waals surface area contributed by atoms with Gasteiger partial charge in [0, 0.05) is 24.6 Å². The lowest BCUT2D eigenvalue weighted by molar-refractivity contribution is -0.117. The number of nitrogens with zero attached hydrogens (tertiary/aromatic N) is 3. The van der Waals surface area contributed by atoms with Crippen LogP contribution in [-0.4, -0.2) is 29.2 Å². The fourth-order valence-electron chi connectivity index (χ4n) is 2.93. The zero-order valence-electron chi connectivity index (χ0n) is 13.1. The van der Waals surface area contributed by atoms with Gasteiger partial charge >= 0.3 is 0 Å². The number of anilines is 1. The molecule has 1 atom stereocenters. The van der Waals surface area contributed by atoms with Crippen molar-refractivity contribution < 1.29 is 14.1 Å². The van der Waals surface area contributed by atoms with Gasteiger partial charge in [0.15, 0.2) is 5.82 Å². The van der Waals surface area contributed by atoms with Gasteiger partial charge in [-0.25, -0.2) is 0 Å². The van der Waals surface area contributed by atoms with E-state index in [1.807, 2.05) is 31.2 Å². The van der Waals surface area contributed by atoms with Gasteiger partial charge in [0.05, 0.1) is 12.5 Å². The van der Waals surface area contributed by atoms with Gasteiger partial charge in [0.25, 0.3) is 0 Å². The molecule has 120 valence electrons. The fraction of sp³-hybridized carbons (Fsp3) is 0.471. The summed E-state index contributed by atoms with van der Waals surface area (Å²) in [5.41, 5.74) is 0.878. The van der Waals surface area contributed by atoms with Crippen LogP contribution >= 0.6 is 0 Å². The molecule has 2 heterocycles. The number of ether oxygens (including phenoxy) is 1. The SMILES string of the molecule is CCOc1ccc(N2CC(c3nc(C4CC4)no3)CC2=O)cc1. The second-order valence-electron chi connectivity index (χ2n) is 6.10. The maximum atomic E-state index is 12.3. The maximum Gasteiger partial charge on any atom is 0.232 e. The molecule has 23 heavy (non-hydrogen) atoms. The summed E-state index contributed by atoms with van der Waals surface area (Å²) in [5.74, 6) is 2.73. The standard InChI is InChI=1S/C17H19N3O3/c1-2-22-14-7-5-13(6-8-14)20-10-12(9-15(20)21)17-18-16(19-23-17)11-3-4-11/h5-8,11-12H,2-4,9-10H2,1H3. The summed E-state index contributed by atoms with van der Waals surface area (Å²) in [7, 11) is 0. The van der Waals surface area contributed by atoms with Gasteiger partial charge in [-0.3, -0.25) is 4.79 Å². The molecule has 6 heteroatoms. The molecule has 2 aromatic rings. The average molecular weight is 313 g/mol. The number of carbonyl (C=O) groups excluding carboxylic acids is 1. The second kappa shape index (κ2) is 5.68. The van der Waals surface area contributed by atoms with Crippen molar-refractivity contribution in [2.45, 2.75) is 38.0 Å². The van der Waals surface area contributed by atoms with Crippen molar-refractivity contribution in [2.24, 2.45) is 0 Å².